The molecule has 0 amide bonds. The molecule has 17 heavy (non-hydrogen) atoms. The van der Waals surface area contributed by atoms with E-state index in [1.165, 1.54) is 51.4 Å². The van der Waals surface area contributed by atoms with Crippen LogP contribution in [0.15, 0.2) is 0 Å². The van der Waals surface area contributed by atoms with Crippen molar-refractivity contribution in [2.75, 3.05) is 13.6 Å². The molecule has 1 rings (SSSR count). The van der Waals surface area contributed by atoms with Gasteiger partial charge in [-0.3, -0.25) is 0 Å². The van der Waals surface area contributed by atoms with Crippen LogP contribution in [-0.4, -0.2) is 30.6 Å². The first kappa shape index (κ1) is 15.0. The van der Waals surface area contributed by atoms with Crippen molar-refractivity contribution in [3.8, 4) is 0 Å². The molecule has 0 aromatic heterocycles. The molecule has 0 aromatic rings. The van der Waals surface area contributed by atoms with Crippen molar-refractivity contribution in [1.29, 1.82) is 0 Å². The Morgan fingerprint density at radius 1 is 1.12 bits per heavy atom. The molecule has 2 nitrogen and oxygen atoms in total. The first-order valence-electron chi connectivity index (χ1n) is 7.66. The Kier molecular flexibility index (Phi) is 7.14. The molecule has 2 unspecified atom stereocenters. The van der Waals surface area contributed by atoms with Crippen molar-refractivity contribution in [3.63, 3.8) is 0 Å². The van der Waals surface area contributed by atoms with Crippen molar-refractivity contribution in [3.05, 3.63) is 0 Å². The number of nitrogens with zero attached hydrogens (tertiary/aromatic N) is 1. The zero-order valence-electron chi connectivity index (χ0n) is 12.1. The van der Waals surface area contributed by atoms with E-state index in [4.69, 9.17) is 5.73 Å². The molecule has 1 aliphatic rings. The van der Waals surface area contributed by atoms with Crippen molar-refractivity contribution in [2.24, 2.45) is 11.7 Å². The summed E-state index contributed by atoms with van der Waals surface area (Å²) in [6, 6.07) is 1.53. The molecular formula is C15H32N2. The van der Waals surface area contributed by atoms with Crippen LogP contribution in [0.5, 0.6) is 0 Å². The van der Waals surface area contributed by atoms with Gasteiger partial charge in [-0.05, 0) is 45.2 Å². The summed E-state index contributed by atoms with van der Waals surface area (Å²) < 4.78 is 0. The molecule has 0 heterocycles. The minimum atomic E-state index is 0.741. The van der Waals surface area contributed by atoms with Crippen LogP contribution in [0.2, 0.25) is 0 Å². The smallest absolute Gasteiger partial charge is 0.0135 e. The third kappa shape index (κ3) is 4.26. The Labute approximate surface area is 108 Å². The maximum Gasteiger partial charge on any atom is 0.0135 e. The Balaban J connectivity index is 2.59. The Morgan fingerprint density at radius 2 is 1.71 bits per heavy atom. The molecule has 1 fully saturated rings. The van der Waals surface area contributed by atoms with Crippen LogP contribution in [0.1, 0.15) is 65.2 Å². The maximum atomic E-state index is 5.95. The molecule has 0 bridgehead atoms. The summed E-state index contributed by atoms with van der Waals surface area (Å²) in [6.07, 6.45) is 10.8. The molecule has 0 aromatic carbocycles. The molecule has 102 valence electrons. The van der Waals surface area contributed by atoms with Gasteiger partial charge in [0.25, 0.3) is 0 Å². The van der Waals surface area contributed by atoms with E-state index in [0.717, 1.165) is 24.5 Å². The van der Waals surface area contributed by atoms with E-state index in [0.29, 0.717) is 0 Å². The minimum absolute atomic E-state index is 0.741. The van der Waals surface area contributed by atoms with Gasteiger partial charge in [-0.2, -0.15) is 0 Å². The number of hydrogen-bond acceptors (Lipinski definition) is 2. The summed E-state index contributed by atoms with van der Waals surface area (Å²) in [7, 11) is 2.34. The Morgan fingerprint density at radius 3 is 2.24 bits per heavy atom. The summed E-state index contributed by atoms with van der Waals surface area (Å²) in [4.78, 5) is 2.67. The highest BCUT2D eigenvalue weighted by atomic mass is 15.2. The minimum Gasteiger partial charge on any atom is -0.330 e. The summed E-state index contributed by atoms with van der Waals surface area (Å²) in [6.45, 7) is 5.48. The Hall–Kier alpha value is -0.0800. The van der Waals surface area contributed by atoms with E-state index >= 15 is 0 Å². The first-order valence-corrected chi connectivity index (χ1v) is 7.66. The first-order chi connectivity index (χ1) is 8.24. The van der Waals surface area contributed by atoms with Gasteiger partial charge in [-0.25, -0.2) is 0 Å². The third-order valence-electron chi connectivity index (χ3n) is 4.51. The average molecular weight is 240 g/mol. The lowest BCUT2D eigenvalue weighted by Gasteiger charge is -2.42. The fourth-order valence-corrected chi connectivity index (χ4v) is 3.49. The van der Waals surface area contributed by atoms with Crippen LogP contribution < -0.4 is 5.73 Å². The second-order valence-electron chi connectivity index (χ2n) is 5.74. The molecule has 2 N–H and O–H groups in total. The van der Waals surface area contributed by atoms with Gasteiger partial charge in [-0.15, -0.1) is 0 Å². The summed E-state index contributed by atoms with van der Waals surface area (Å²) in [5.74, 6) is 0.741. The van der Waals surface area contributed by atoms with Crippen LogP contribution in [-0.2, 0) is 0 Å². The van der Waals surface area contributed by atoms with Gasteiger partial charge in [0.05, 0.1) is 0 Å². The molecule has 0 radical (unpaired) electrons. The second kappa shape index (κ2) is 8.10. The molecule has 2 heteroatoms. The quantitative estimate of drug-likeness (QED) is 0.739. The topological polar surface area (TPSA) is 29.3 Å². The standard InChI is InChI=1S/C15H32N2/c1-4-8-14(9-5-2)17(3)15-11-7-6-10-13(15)12-16/h13-15H,4-12,16H2,1-3H3. The van der Waals surface area contributed by atoms with Crippen LogP contribution in [0.4, 0.5) is 0 Å². The van der Waals surface area contributed by atoms with Crippen molar-refractivity contribution in [1.82, 2.24) is 4.90 Å². The Bertz CT molecular complexity index is 187. The predicted molar refractivity (Wildman–Crippen MR) is 76.2 cm³/mol. The third-order valence-corrected chi connectivity index (χ3v) is 4.51. The van der Waals surface area contributed by atoms with Crippen molar-refractivity contribution < 1.29 is 0 Å². The van der Waals surface area contributed by atoms with Gasteiger partial charge >= 0.3 is 0 Å². The molecule has 0 aliphatic heterocycles. The molecule has 0 spiro atoms. The van der Waals surface area contributed by atoms with Crippen LogP contribution in [0.25, 0.3) is 0 Å². The van der Waals surface area contributed by atoms with E-state index in [1.807, 2.05) is 0 Å². The molecular weight excluding hydrogens is 208 g/mol. The van der Waals surface area contributed by atoms with Gasteiger partial charge in [0, 0.05) is 12.1 Å². The SMILES string of the molecule is CCCC(CCC)N(C)C1CCCCC1CN. The van der Waals surface area contributed by atoms with E-state index in [1.54, 1.807) is 0 Å². The van der Waals surface area contributed by atoms with Gasteiger partial charge in [0.15, 0.2) is 0 Å². The van der Waals surface area contributed by atoms with E-state index in [9.17, 15) is 0 Å². The fraction of sp³-hybridized carbons (Fsp3) is 1.00. The lowest BCUT2D eigenvalue weighted by Crippen LogP contribution is -2.47. The summed E-state index contributed by atoms with van der Waals surface area (Å²) in [5.41, 5.74) is 5.95. The second-order valence-corrected chi connectivity index (χ2v) is 5.74. The highest BCUT2D eigenvalue weighted by molar-refractivity contribution is 4.85. The lowest BCUT2D eigenvalue weighted by atomic mass is 9.82. The number of nitrogens with two attached hydrogens (primary N) is 1. The van der Waals surface area contributed by atoms with E-state index in [2.05, 4.69) is 25.8 Å². The van der Waals surface area contributed by atoms with Gasteiger partial charge in [0.2, 0.25) is 0 Å². The molecule has 2 atom stereocenters. The van der Waals surface area contributed by atoms with Gasteiger partial charge < -0.3 is 10.6 Å². The fourth-order valence-electron chi connectivity index (χ4n) is 3.49. The molecule has 1 aliphatic carbocycles. The predicted octanol–water partition coefficient (Wildman–Crippen LogP) is 3.40. The van der Waals surface area contributed by atoms with Gasteiger partial charge in [0.1, 0.15) is 0 Å². The maximum absolute atomic E-state index is 5.95. The lowest BCUT2D eigenvalue weighted by molar-refractivity contribution is 0.0827. The molecule has 1 saturated carbocycles. The van der Waals surface area contributed by atoms with E-state index < -0.39 is 0 Å². The summed E-state index contributed by atoms with van der Waals surface area (Å²) >= 11 is 0. The zero-order valence-corrected chi connectivity index (χ0v) is 12.1. The normalized spacial score (nSPS) is 25.8. The van der Waals surface area contributed by atoms with Crippen molar-refractivity contribution >= 4 is 0 Å². The highest BCUT2D eigenvalue weighted by Gasteiger charge is 2.30. The monoisotopic (exact) mass is 240 g/mol. The van der Waals surface area contributed by atoms with Crippen molar-refractivity contribution in [2.45, 2.75) is 77.3 Å². The average Bonchev–Trinajstić information content (AvgIpc) is 2.37. The van der Waals surface area contributed by atoms with Crippen LogP contribution in [0.3, 0.4) is 0 Å². The van der Waals surface area contributed by atoms with Crippen LogP contribution >= 0.6 is 0 Å². The molecule has 0 saturated heterocycles. The summed E-state index contributed by atoms with van der Waals surface area (Å²) in [5, 5.41) is 0. The van der Waals surface area contributed by atoms with E-state index in [-0.39, 0.29) is 0 Å². The zero-order chi connectivity index (χ0) is 12.7. The largest absolute Gasteiger partial charge is 0.330 e. The highest BCUT2D eigenvalue weighted by Crippen LogP contribution is 2.29. The van der Waals surface area contributed by atoms with Crippen LogP contribution in [0, 0.1) is 5.92 Å². The number of hydrogen-bond donors (Lipinski definition) is 1. The number of rotatable bonds is 7. The van der Waals surface area contributed by atoms with Gasteiger partial charge in [-0.1, -0.05) is 39.5 Å².